The summed E-state index contributed by atoms with van der Waals surface area (Å²) >= 11 is 0. The number of nitrogens with zero attached hydrogens (tertiary/aromatic N) is 1. The van der Waals surface area contributed by atoms with E-state index in [1.807, 2.05) is 18.5 Å². The maximum Gasteiger partial charge on any atom is 0.0863 e. The second-order valence-corrected chi connectivity index (χ2v) is 2.36. The number of hydrazone groups is 1. The van der Waals surface area contributed by atoms with Crippen LogP contribution in [0.2, 0.25) is 0 Å². The summed E-state index contributed by atoms with van der Waals surface area (Å²) < 4.78 is 0. The zero-order chi connectivity index (χ0) is 6.81. The smallest absolute Gasteiger partial charge is 0.0863 e. The monoisotopic (exact) mass is 135 g/mol. The molecule has 0 aromatic carbocycles. The van der Waals surface area contributed by atoms with Crippen LogP contribution in [0.3, 0.4) is 0 Å². The number of hydrogen-bond donors (Lipinski definition) is 2. The molecule has 0 bridgehead atoms. The molecular weight excluding hydrogens is 126 g/mol. The van der Waals surface area contributed by atoms with Gasteiger partial charge in [-0.1, -0.05) is 6.08 Å². The fourth-order valence-corrected chi connectivity index (χ4v) is 1.11. The molecule has 2 aliphatic rings. The van der Waals surface area contributed by atoms with Crippen LogP contribution in [0.1, 0.15) is 0 Å². The molecule has 1 unspecified atom stereocenters. The van der Waals surface area contributed by atoms with Crippen molar-refractivity contribution in [2.75, 3.05) is 6.54 Å². The zero-order valence-corrected chi connectivity index (χ0v) is 5.54. The van der Waals surface area contributed by atoms with Crippen LogP contribution in [0, 0.1) is 0 Å². The molecule has 2 aliphatic heterocycles. The first-order chi connectivity index (χ1) is 4.97. The molecule has 2 rings (SSSR count). The van der Waals surface area contributed by atoms with Gasteiger partial charge in [-0.05, 0) is 17.8 Å². The first-order valence-electron chi connectivity index (χ1n) is 3.34. The second kappa shape index (κ2) is 2.17. The van der Waals surface area contributed by atoms with Crippen molar-refractivity contribution in [3.8, 4) is 0 Å². The molecular formula is C7H9N3. The van der Waals surface area contributed by atoms with Crippen LogP contribution < -0.4 is 10.7 Å². The van der Waals surface area contributed by atoms with E-state index in [-0.39, 0.29) is 0 Å². The summed E-state index contributed by atoms with van der Waals surface area (Å²) in [5.74, 6) is 0. The molecule has 3 heteroatoms. The molecule has 0 saturated carbocycles. The molecule has 52 valence electrons. The first kappa shape index (κ1) is 5.53. The van der Waals surface area contributed by atoms with Crippen LogP contribution in [0.15, 0.2) is 29.0 Å². The van der Waals surface area contributed by atoms with E-state index >= 15 is 0 Å². The Bertz CT molecular complexity index is 215. The molecule has 2 N–H and O–H groups in total. The normalized spacial score (nSPS) is 28.0. The summed E-state index contributed by atoms with van der Waals surface area (Å²) in [4.78, 5) is 0. The highest BCUT2D eigenvalue weighted by molar-refractivity contribution is 5.71. The fraction of sp³-hybridized carbons (Fsp3) is 0.286. The Morgan fingerprint density at radius 3 is 3.50 bits per heavy atom. The summed E-state index contributed by atoms with van der Waals surface area (Å²) in [6, 6.07) is 0.325. The molecule has 10 heavy (non-hydrogen) atoms. The predicted molar refractivity (Wildman–Crippen MR) is 40.6 cm³/mol. The standard InChI is InChI=1S/C7H9N3/c1-2-6-4-9-10-5-7(6)8-3-1/h1-3,5,7-9H,4H2. The van der Waals surface area contributed by atoms with Gasteiger partial charge in [-0.25, -0.2) is 0 Å². The SMILES string of the molecule is C1=CNC2C=NNCC2=C1. The predicted octanol–water partition coefficient (Wildman–Crippen LogP) is -0.0127. The highest BCUT2D eigenvalue weighted by Gasteiger charge is 2.14. The van der Waals surface area contributed by atoms with Gasteiger partial charge in [0.2, 0.25) is 0 Å². The Kier molecular flexibility index (Phi) is 1.20. The van der Waals surface area contributed by atoms with Crippen LogP contribution in [0.4, 0.5) is 0 Å². The quantitative estimate of drug-likeness (QED) is 0.490. The number of nitrogens with one attached hydrogen (secondary N) is 2. The third-order valence-corrected chi connectivity index (χ3v) is 1.68. The van der Waals surface area contributed by atoms with Gasteiger partial charge in [0.05, 0.1) is 18.8 Å². The molecule has 0 aromatic rings. The molecule has 1 atom stereocenters. The Hall–Kier alpha value is -1.25. The van der Waals surface area contributed by atoms with Crippen LogP contribution in [0.25, 0.3) is 0 Å². The van der Waals surface area contributed by atoms with Crippen LogP contribution in [0.5, 0.6) is 0 Å². The molecule has 3 nitrogen and oxygen atoms in total. The molecule has 0 aromatic heterocycles. The van der Waals surface area contributed by atoms with E-state index in [0.717, 1.165) is 6.54 Å². The fourth-order valence-electron chi connectivity index (χ4n) is 1.11. The minimum absolute atomic E-state index is 0.325. The van der Waals surface area contributed by atoms with Gasteiger partial charge in [0.1, 0.15) is 0 Å². The van der Waals surface area contributed by atoms with E-state index in [4.69, 9.17) is 0 Å². The Morgan fingerprint density at radius 2 is 2.60 bits per heavy atom. The number of hydrogen-bond acceptors (Lipinski definition) is 3. The van der Waals surface area contributed by atoms with E-state index in [0.29, 0.717) is 6.04 Å². The average Bonchev–Trinajstić information content (AvgIpc) is 2.05. The average molecular weight is 135 g/mol. The summed E-state index contributed by atoms with van der Waals surface area (Å²) in [5, 5.41) is 7.13. The third kappa shape index (κ3) is 0.795. The van der Waals surface area contributed by atoms with Crippen molar-refractivity contribution in [1.82, 2.24) is 10.7 Å². The Labute approximate surface area is 59.5 Å². The van der Waals surface area contributed by atoms with Gasteiger partial charge >= 0.3 is 0 Å². The molecule has 0 fully saturated rings. The summed E-state index contributed by atoms with van der Waals surface area (Å²) in [5.41, 5.74) is 4.26. The summed E-state index contributed by atoms with van der Waals surface area (Å²) in [6.45, 7) is 0.860. The van der Waals surface area contributed by atoms with E-state index in [9.17, 15) is 0 Å². The molecule has 0 saturated heterocycles. The number of rotatable bonds is 0. The van der Waals surface area contributed by atoms with Gasteiger partial charge in [-0.2, -0.15) is 5.10 Å². The third-order valence-electron chi connectivity index (χ3n) is 1.68. The summed E-state index contributed by atoms with van der Waals surface area (Å²) in [7, 11) is 0. The van der Waals surface area contributed by atoms with Crippen molar-refractivity contribution in [3.63, 3.8) is 0 Å². The van der Waals surface area contributed by atoms with E-state index in [1.165, 1.54) is 5.57 Å². The highest BCUT2D eigenvalue weighted by atomic mass is 15.3. The van der Waals surface area contributed by atoms with Crippen molar-refractivity contribution in [2.45, 2.75) is 6.04 Å². The maximum absolute atomic E-state index is 3.95. The topological polar surface area (TPSA) is 36.4 Å². The Balaban J connectivity index is 2.26. The van der Waals surface area contributed by atoms with Crippen molar-refractivity contribution in [3.05, 3.63) is 23.9 Å². The highest BCUT2D eigenvalue weighted by Crippen LogP contribution is 2.06. The van der Waals surface area contributed by atoms with Gasteiger partial charge < -0.3 is 10.7 Å². The van der Waals surface area contributed by atoms with Crippen molar-refractivity contribution in [1.29, 1.82) is 0 Å². The van der Waals surface area contributed by atoms with Crippen LogP contribution in [-0.2, 0) is 0 Å². The lowest BCUT2D eigenvalue weighted by atomic mass is 10.1. The van der Waals surface area contributed by atoms with Crippen molar-refractivity contribution in [2.24, 2.45) is 5.10 Å². The van der Waals surface area contributed by atoms with Crippen molar-refractivity contribution < 1.29 is 0 Å². The number of fused-ring (bicyclic) bond motifs is 1. The molecule has 0 radical (unpaired) electrons. The van der Waals surface area contributed by atoms with E-state index in [2.05, 4.69) is 21.9 Å². The van der Waals surface area contributed by atoms with Gasteiger partial charge in [-0.15, -0.1) is 0 Å². The minimum atomic E-state index is 0.325. The number of dihydropyridines is 1. The zero-order valence-electron chi connectivity index (χ0n) is 5.54. The summed E-state index contributed by atoms with van der Waals surface area (Å²) in [6.07, 6.45) is 7.93. The second-order valence-electron chi connectivity index (χ2n) is 2.36. The van der Waals surface area contributed by atoms with Gasteiger partial charge in [0.15, 0.2) is 0 Å². The van der Waals surface area contributed by atoms with Crippen LogP contribution >= 0.6 is 0 Å². The van der Waals surface area contributed by atoms with Gasteiger partial charge in [-0.3, -0.25) is 0 Å². The lowest BCUT2D eigenvalue weighted by Crippen LogP contribution is -2.37. The number of allylic oxidation sites excluding steroid dienone is 2. The first-order valence-corrected chi connectivity index (χ1v) is 3.34. The van der Waals surface area contributed by atoms with E-state index in [1.54, 1.807) is 0 Å². The largest absolute Gasteiger partial charge is 0.379 e. The molecule has 0 amide bonds. The minimum Gasteiger partial charge on any atom is -0.379 e. The molecule has 0 aliphatic carbocycles. The molecule has 2 heterocycles. The van der Waals surface area contributed by atoms with Crippen LogP contribution in [-0.4, -0.2) is 18.8 Å². The van der Waals surface area contributed by atoms with Gasteiger partial charge in [0.25, 0.3) is 0 Å². The lowest BCUT2D eigenvalue weighted by Gasteiger charge is -2.22. The lowest BCUT2D eigenvalue weighted by molar-refractivity contribution is 0.688. The molecule has 0 spiro atoms. The van der Waals surface area contributed by atoms with Crippen molar-refractivity contribution >= 4 is 6.21 Å². The Morgan fingerprint density at radius 1 is 1.60 bits per heavy atom. The van der Waals surface area contributed by atoms with E-state index < -0.39 is 0 Å². The van der Waals surface area contributed by atoms with Gasteiger partial charge in [0, 0.05) is 0 Å². The maximum atomic E-state index is 3.95.